The Balaban J connectivity index is 1.93. The molecule has 4 rings (SSSR count). The fourth-order valence-electron chi connectivity index (χ4n) is 3.22. The number of non-ortho nitro benzene ring substituents is 2. The summed E-state index contributed by atoms with van der Waals surface area (Å²) in [7, 11) is 0. The summed E-state index contributed by atoms with van der Waals surface area (Å²) in [6.07, 6.45) is 0. The molecule has 1 aliphatic heterocycles. The van der Waals surface area contributed by atoms with Crippen molar-refractivity contribution < 1.29 is 19.4 Å². The van der Waals surface area contributed by atoms with Gasteiger partial charge in [0.25, 0.3) is 23.2 Å². The van der Waals surface area contributed by atoms with Gasteiger partial charge in [0.2, 0.25) is 0 Å². The van der Waals surface area contributed by atoms with Crippen molar-refractivity contribution in [3.63, 3.8) is 0 Å². The molecule has 1 aliphatic rings. The van der Waals surface area contributed by atoms with Gasteiger partial charge in [-0.05, 0) is 24.4 Å². The quantitative estimate of drug-likeness (QED) is 0.407. The second kappa shape index (κ2) is 6.37. The van der Waals surface area contributed by atoms with Crippen LogP contribution in [0, 0.1) is 27.2 Å². The van der Waals surface area contributed by atoms with E-state index in [9.17, 15) is 29.8 Å². The summed E-state index contributed by atoms with van der Waals surface area (Å²) in [4.78, 5) is 47.1. The lowest BCUT2D eigenvalue weighted by Crippen LogP contribution is -2.44. The van der Waals surface area contributed by atoms with Gasteiger partial charge in [-0.1, -0.05) is 17.7 Å². The topological polar surface area (TPSA) is 136 Å². The standard InChI is InChI=1S/C19H12N4O6/c1-10-2-4-12(5-3-10)20-21-18(24)15-8-13(22(26)27)6-11-7-14(23(28)29)9-16(17(11)15)19(21)25/h2-9,20H,1H3. The number of carbonyl (C=O) groups excluding carboxylic acids is 2. The average molecular weight is 392 g/mol. The molecular weight excluding hydrogens is 380 g/mol. The summed E-state index contributed by atoms with van der Waals surface area (Å²) in [5.74, 6) is -1.57. The lowest BCUT2D eigenvalue weighted by Gasteiger charge is -2.27. The van der Waals surface area contributed by atoms with Crippen molar-refractivity contribution in [1.29, 1.82) is 0 Å². The molecule has 3 aromatic carbocycles. The molecule has 10 nitrogen and oxygen atoms in total. The first-order chi connectivity index (χ1) is 13.8. The normalized spacial score (nSPS) is 12.9. The maximum Gasteiger partial charge on any atom is 0.280 e. The number of carbonyl (C=O) groups is 2. The van der Waals surface area contributed by atoms with E-state index >= 15 is 0 Å². The number of anilines is 1. The second-order valence-electron chi connectivity index (χ2n) is 6.52. The Morgan fingerprint density at radius 3 is 1.76 bits per heavy atom. The monoisotopic (exact) mass is 392 g/mol. The molecular formula is C19H12N4O6. The molecule has 0 spiro atoms. The highest BCUT2D eigenvalue weighted by Gasteiger charge is 2.36. The van der Waals surface area contributed by atoms with Crippen molar-refractivity contribution in [2.45, 2.75) is 6.92 Å². The van der Waals surface area contributed by atoms with E-state index in [1.165, 1.54) is 0 Å². The van der Waals surface area contributed by atoms with Crippen molar-refractivity contribution >= 4 is 39.6 Å². The van der Waals surface area contributed by atoms with Crippen molar-refractivity contribution in [2.24, 2.45) is 0 Å². The zero-order chi connectivity index (χ0) is 20.9. The van der Waals surface area contributed by atoms with Crippen LogP contribution in [0.4, 0.5) is 17.1 Å². The average Bonchev–Trinajstić information content (AvgIpc) is 2.69. The maximum atomic E-state index is 13.0. The van der Waals surface area contributed by atoms with Crippen LogP contribution in [0.25, 0.3) is 10.8 Å². The van der Waals surface area contributed by atoms with Crippen LogP contribution in [-0.2, 0) is 0 Å². The van der Waals surface area contributed by atoms with Crippen LogP contribution in [0.2, 0.25) is 0 Å². The Morgan fingerprint density at radius 2 is 1.31 bits per heavy atom. The molecule has 1 heterocycles. The molecule has 0 unspecified atom stereocenters. The van der Waals surface area contributed by atoms with Crippen molar-refractivity contribution in [2.75, 3.05) is 5.43 Å². The fourth-order valence-corrected chi connectivity index (χ4v) is 3.22. The van der Waals surface area contributed by atoms with Gasteiger partial charge in [0.1, 0.15) is 0 Å². The number of amides is 2. The third kappa shape index (κ3) is 2.92. The molecule has 0 aliphatic carbocycles. The SMILES string of the molecule is Cc1ccc(NN2C(=O)c3cc([N+](=O)[O-])cc4cc([N+](=O)[O-])cc(c34)C2=O)cc1. The largest absolute Gasteiger partial charge is 0.288 e. The third-order valence-electron chi connectivity index (χ3n) is 4.60. The van der Waals surface area contributed by atoms with E-state index in [1.54, 1.807) is 24.3 Å². The molecule has 0 saturated heterocycles. The number of nitro groups is 2. The van der Waals surface area contributed by atoms with Gasteiger partial charge >= 0.3 is 0 Å². The molecule has 2 amide bonds. The van der Waals surface area contributed by atoms with Gasteiger partial charge in [0.05, 0.1) is 26.7 Å². The van der Waals surface area contributed by atoms with Gasteiger partial charge in [-0.15, -0.1) is 0 Å². The molecule has 3 aromatic rings. The fraction of sp³-hybridized carbons (Fsp3) is 0.0526. The molecule has 0 radical (unpaired) electrons. The van der Waals surface area contributed by atoms with Gasteiger partial charge in [-0.2, -0.15) is 5.01 Å². The number of nitro benzene ring substituents is 2. The minimum absolute atomic E-state index is 0.0788. The van der Waals surface area contributed by atoms with Crippen LogP contribution in [0.3, 0.4) is 0 Å². The molecule has 0 aromatic heterocycles. The summed E-state index contributed by atoms with van der Waals surface area (Å²) >= 11 is 0. The maximum absolute atomic E-state index is 13.0. The first-order valence-electron chi connectivity index (χ1n) is 8.39. The van der Waals surface area contributed by atoms with Crippen LogP contribution in [0.1, 0.15) is 26.3 Å². The first kappa shape index (κ1) is 18.0. The van der Waals surface area contributed by atoms with Crippen molar-refractivity contribution in [1.82, 2.24) is 5.01 Å². The van der Waals surface area contributed by atoms with E-state index in [4.69, 9.17) is 0 Å². The van der Waals surface area contributed by atoms with Gasteiger partial charge in [-0.3, -0.25) is 35.2 Å². The summed E-state index contributed by atoms with van der Waals surface area (Å²) < 4.78 is 0. The van der Waals surface area contributed by atoms with E-state index in [-0.39, 0.29) is 21.9 Å². The number of hydrogen-bond acceptors (Lipinski definition) is 7. The number of benzene rings is 3. The zero-order valence-electron chi connectivity index (χ0n) is 14.9. The first-order valence-corrected chi connectivity index (χ1v) is 8.39. The number of hydrogen-bond donors (Lipinski definition) is 1. The highest BCUT2D eigenvalue weighted by molar-refractivity contribution is 6.26. The van der Waals surface area contributed by atoms with Crippen LogP contribution < -0.4 is 5.43 Å². The van der Waals surface area contributed by atoms with Crippen LogP contribution in [0.5, 0.6) is 0 Å². The van der Waals surface area contributed by atoms with E-state index in [0.717, 1.165) is 29.8 Å². The van der Waals surface area contributed by atoms with E-state index < -0.39 is 33.0 Å². The molecule has 0 atom stereocenters. The lowest BCUT2D eigenvalue weighted by atomic mass is 9.93. The highest BCUT2D eigenvalue weighted by Crippen LogP contribution is 2.36. The van der Waals surface area contributed by atoms with E-state index in [2.05, 4.69) is 5.43 Å². The number of nitrogens with one attached hydrogen (secondary N) is 1. The Hall–Kier alpha value is -4.34. The van der Waals surface area contributed by atoms with Gasteiger partial charge in [-0.25, -0.2) is 0 Å². The van der Waals surface area contributed by atoms with Crippen LogP contribution in [0.15, 0.2) is 48.5 Å². The molecule has 10 heteroatoms. The predicted molar refractivity (Wildman–Crippen MR) is 103 cm³/mol. The number of hydrazine groups is 1. The number of aryl methyl sites for hydroxylation is 1. The summed E-state index contributed by atoms with van der Waals surface area (Å²) in [5, 5.41) is 23.5. The smallest absolute Gasteiger partial charge is 0.280 e. The van der Waals surface area contributed by atoms with Crippen molar-refractivity contribution in [3.8, 4) is 0 Å². The Bertz CT molecular complexity index is 1170. The molecule has 29 heavy (non-hydrogen) atoms. The Labute approximate surface area is 162 Å². The Morgan fingerprint density at radius 1 is 0.828 bits per heavy atom. The van der Waals surface area contributed by atoms with Gasteiger partial charge < -0.3 is 0 Å². The zero-order valence-corrected chi connectivity index (χ0v) is 14.9. The van der Waals surface area contributed by atoms with Crippen LogP contribution in [-0.4, -0.2) is 26.7 Å². The molecule has 1 N–H and O–H groups in total. The summed E-state index contributed by atoms with van der Waals surface area (Å²) in [5.41, 5.74) is 3.11. The molecule has 144 valence electrons. The van der Waals surface area contributed by atoms with Crippen LogP contribution >= 0.6 is 0 Å². The lowest BCUT2D eigenvalue weighted by molar-refractivity contribution is -0.385. The third-order valence-corrected chi connectivity index (χ3v) is 4.60. The van der Waals surface area contributed by atoms with Gasteiger partial charge in [0, 0.05) is 29.7 Å². The summed E-state index contributed by atoms with van der Waals surface area (Å²) in [6, 6.07) is 11.2. The summed E-state index contributed by atoms with van der Waals surface area (Å²) in [6.45, 7) is 1.87. The highest BCUT2D eigenvalue weighted by atomic mass is 16.6. The van der Waals surface area contributed by atoms with Crippen molar-refractivity contribution in [3.05, 3.63) is 85.4 Å². The Kier molecular flexibility index (Phi) is 3.97. The van der Waals surface area contributed by atoms with E-state index in [0.29, 0.717) is 10.7 Å². The minimum Gasteiger partial charge on any atom is -0.288 e. The van der Waals surface area contributed by atoms with Gasteiger partial charge in [0.15, 0.2) is 0 Å². The predicted octanol–water partition coefficient (Wildman–Crippen LogP) is 3.59. The second-order valence-corrected chi connectivity index (χ2v) is 6.52. The number of nitrogens with zero attached hydrogens (tertiary/aromatic N) is 3. The molecule has 0 bridgehead atoms. The molecule has 0 fully saturated rings. The number of imide groups is 1. The molecule has 0 saturated carbocycles. The minimum atomic E-state index is -0.786. The number of rotatable bonds is 4. The van der Waals surface area contributed by atoms with E-state index in [1.807, 2.05) is 6.92 Å².